The minimum Gasteiger partial charge on any atom is -0.507 e. The van der Waals surface area contributed by atoms with Crippen LogP contribution in [0.3, 0.4) is 0 Å². The summed E-state index contributed by atoms with van der Waals surface area (Å²) in [6, 6.07) is 16.6. The van der Waals surface area contributed by atoms with Gasteiger partial charge in [-0.15, -0.1) is 0 Å². The van der Waals surface area contributed by atoms with Crippen LogP contribution in [0.15, 0.2) is 71.5 Å². The lowest BCUT2D eigenvalue weighted by atomic mass is 10.1. The molecular formula is C22H16F2N2O2. The summed E-state index contributed by atoms with van der Waals surface area (Å²) in [5.41, 5.74) is 0.710. The molecule has 1 heterocycles. The van der Waals surface area contributed by atoms with E-state index in [1.54, 1.807) is 36.4 Å². The SMILES string of the molecule is O=c1c2cc(F)ccc2nc(-c2ccccc2O)n1CCc1ccccc1F. The van der Waals surface area contributed by atoms with Gasteiger partial charge in [-0.1, -0.05) is 30.3 Å². The largest absolute Gasteiger partial charge is 0.507 e. The lowest BCUT2D eigenvalue weighted by molar-refractivity contribution is 0.476. The van der Waals surface area contributed by atoms with E-state index in [1.807, 2.05) is 0 Å². The highest BCUT2D eigenvalue weighted by Crippen LogP contribution is 2.28. The molecule has 140 valence electrons. The van der Waals surface area contributed by atoms with Crippen molar-refractivity contribution < 1.29 is 13.9 Å². The Labute approximate surface area is 159 Å². The molecule has 3 aromatic carbocycles. The molecular weight excluding hydrogens is 362 g/mol. The van der Waals surface area contributed by atoms with E-state index in [0.29, 0.717) is 16.6 Å². The fourth-order valence-electron chi connectivity index (χ4n) is 3.20. The molecule has 0 atom stereocenters. The molecule has 0 aliphatic rings. The number of rotatable bonds is 4. The Hall–Kier alpha value is -3.54. The van der Waals surface area contributed by atoms with Crippen LogP contribution in [0.4, 0.5) is 8.78 Å². The molecule has 28 heavy (non-hydrogen) atoms. The molecule has 0 unspecified atom stereocenters. The van der Waals surface area contributed by atoms with E-state index in [-0.39, 0.29) is 35.7 Å². The van der Waals surface area contributed by atoms with Crippen molar-refractivity contribution in [3.8, 4) is 17.1 Å². The summed E-state index contributed by atoms with van der Waals surface area (Å²) in [5, 5.41) is 10.4. The first-order valence-electron chi connectivity index (χ1n) is 8.76. The summed E-state index contributed by atoms with van der Waals surface area (Å²) in [6.07, 6.45) is 0.246. The Morgan fingerprint density at radius 1 is 0.964 bits per heavy atom. The normalized spacial score (nSPS) is 11.1. The highest BCUT2D eigenvalue weighted by atomic mass is 19.1. The highest BCUT2D eigenvalue weighted by Gasteiger charge is 2.16. The number of fused-ring (bicyclic) bond motifs is 1. The maximum absolute atomic E-state index is 14.0. The molecule has 4 aromatic rings. The maximum Gasteiger partial charge on any atom is 0.261 e. The standard InChI is InChI=1S/C22H16F2N2O2/c23-15-9-10-19-17(13-15)22(28)26(12-11-14-5-1-3-7-18(14)24)21(25-19)16-6-2-4-8-20(16)27/h1-10,13,27H,11-12H2. The number of aromatic nitrogens is 2. The van der Waals surface area contributed by atoms with Crippen LogP contribution in [0, 0.1) is 11.6 Å². The van der Waals surface area contributed by atoms with Crippen LogP contribution < -0.4 is 5.56 Å². The third-order valence-corrected chi connectivity index (χ3v) is 4.62. The molecule has 0 saturated heterocycles. The van der Waals surface area contributed by atoms with Crippen molar-refractivity contribution in [2.45, 2.75) is 13.0 Å². The monoisotopic (exact) mass is 378 g/mol. The van der Waals surface area contributed by atoms with Crippen LogP contribution in [-0.2, 0) is 13.0 Å². The smallest absolute Gasteiger partial charge is 0.261 e. The van der Waals surface area contributed by atoms with Gasteiger partial charge in [0.1, 0.15) is 23.2 Å². The van der Waals surface area contributed by atoms with Gasteiger partial charge in [0.15, 0.2) is 0 Å². The van der Waals surface area contributed by atoms with Gasteiger partial charge in [0.25, 0.3) is 5.56 Å². The van der Waals surface area contributed by atoms with E-state index in [0.717, 1.165) is 6.07 Å². The summed E-state index contributed by atoms with van der Waals surface area (Å²) in [4.78, 5) is 17.6. The summed E-state index contributed by atoms with van der Waals surface area (Å²) in [7, 11) is 0. The second kappa shape index (κ2) is 7.23. The maximum atomic E-state index is 14.0. The van der Waals surface area contributed by atoms with Crippen molar-refractivity contribution in [3.63, 3.8) is 0 Å². The number of hydrogen-bond acceptors (Lipinski definition) is 3. The van der Waals surface area contributed by atoms with Gasteiger partial charge in [-0.2, -0.15) is 0 Å². The topological polar surface area (TPSA) is 55.1 Å². The van der Waals surface area contributed by atoms with Gasteiger partial charge in [-0.05, 0) is 48.4 Å². The lowest BCUT2D eigenvalue weighted by Crippen LogP contribution is -2.25. The van der Waals surface area contributed by atoms with E-state index in [2.05, 4.69) is 4.98 Å². The Kier molecular flexibility index (Phi) is 4.61. The average Bonchev–Trinajstić information content (AvgIpc) is 2.69. The van der Waals surface area contributed by atoms with E-state index in [9.17, 15) is 18.7 Å². The van der Waals surface area contributed by atoms with Crippen molar-refractivity contribution in [1.29, 1.82) is 0 Å². The second-order valence-corrected chi connectivity index (χ2v) is 6.41. The fraction of sp³-hybridized carbons (Fsp3) is 0.0909. The molecule has 0 radical (unpaired) electrons. The highest BCUT2D eigenvalue weighted by molar-refractivity contribution is 5.80. The van der Waals surface area contributed by atoms with E-state index in [4.69, 9.17) is 0 Å². The first-order valence-corrected chi connectivity index (χ1v) is 8.76. The third kappa shape index (κ3) is 3.24. The van der Waals surface area contributed by atoms with Crippen LogP contribution in [0.5, 0.6) is 5.75 Å². The summed E-state index contributed by atoms with van der Waals surface area (Å²) < 4.78 is 29.0. The predicted octanol–water partition coefficient (Wildman–Crippen LogP) is 4.29. The van der Waals surface area contributed by atoms with Crippen LogP contribution >= 0.6 is 0 Å². The van der Waals surface area contributed by atoms with E-state index < -0.39 is 11.4 Å². The summed E-state index contributed by atoms with van der Waals surface area (Å²) in [6.45, 7) is 0.128. The van der Waals surface area contributed by atoms with Crippen molar-refractivity contribution in [3.05, 3.63) is 94.3 Å². The summed E-state index contributed by atoms with van der Waals surface area (Å²) >= 11 is 0. The zero-order chi connectivity index (χ0) is 19.7. The second-order valence-electron chi connectivity index (χ2n) is 6.41. The number of hydrogen-bond donors (Lipinski definition) is 1. The molecule has 0 saturated carbocycles. The number of para-hydroxylation sites is 1. The molecule has 6 heteroatoms. The number of nitrogens with zero attached hydrogens (tertiary/aromatic N) is 2. The number of phenols is 1. The quantitative estimate of drug-likeness (QED) is 0.576. The van der Waals surface area contributed by atoms with Crippen LogP contribution in [0.2, 0.25) is 0 Å². The molecule has 4 nitrogen and oxygen atoms in total. The minimum absolute atomic E-state index is 0.0319. The van der Waals surface area contributed by atoms with Crippen molar-refractivity contribution in [2.75, 3.05) is 0 Å². The van der Waals surface area contributed by atoms with Crippen molar-refractivity contribution >= 4 is 10.9 Å². The average molecular weight is 378 g/mol. The first-order chi connectivity index (χ1) is 13.5. The Bertz CT molecular complexity index is 1230. The molecule has 0 spiro atoms. The van der Waals surface area contributed by atoms with Crippen molar-refractivity contribution in [1.82, 2.24) is 9.55 Å². The number of phenolic OH excluding ortho intramolecular Hbond substituents is 1. The summed E-state index contributed by atoms with van der Waals surface area (Å²) in [5.74, 6) is -0.684. The number of benzene rings is 3. The number of halogens is 2. The van der Waals surface area contributed by atoms with Crippen molar-refractivity contribution in [2.24, 2.45) is 0 Å². The number of aryl methyl sites for hydroxylation is 1. The molecule has 0 aliphatic heterocycles. The molecule has 0 aliphatic carbocycles. The predicted molar refractivity (Wildman–Crippen MR) is 103 cm³/mol. The number of aromatic hydroxyl groups is 1. The Balaban J connectivity index is 1.90. The van der Waals surface area contributed by atoms with Gasteiger partial charge in [0.05, 0.1) is 16.5 Å². The first kappa shape index (κ1) is 17.9. The van der Waals surface area contributed by atoms with Gasteiger partial charge in [0.2, 0.25) is 0 Å². The van der Waals surface area contributed by atoms with Gasteiger partial charge < -0.3 is 5.11 Å². The Morgan fingerprint density at radius 2 is 1.71 bits per heavy atom. The zero-order valence-electron chi connectivity index (χ0n) is 14.8. The van der Waals surface area contributed by atoms with Gasteiger partial charge in [-0.3, -0.25) is 9.36 Å². The van der Waals surface area contributed by atoms with Crippen LogP contribution in [0.1, 0.15) is 5.56 Å². The molecule has 0 bridgehead atoms. The van der Waals surface area contributed by atoms with Gasteiger partial charge in [0, 0.05) is 6.54 Å². The van der Waals surface area contributed by atoms with Gasteiger partial charge in [-0.25, -0.2) is 13.8 Å². The zero-order valence-corrected chi connectivity index (χ0v) is 14.8. The van der Waals surface area contributed by atoms with Crippen LogP contribution in [0.25, 0.3) is 22.3 Å². The van der Waals surface area contributed by atoms with E-state index in [1.165, 1.54) is 28.8 Å². The fourth-order valence-corrected chi connectivity index (χ4v) is 3.20. The molecule has 4 rings (SSSR count). The van der Waals surface area contributed by atoms with Gasteiger partial charge >= 0.3 is 0 Å². The van der Waals surface area contributed by atoms with Crippen LogP contribution in [-0.4, -0.2) is 14.7 Å². The minimum atomic E-state index is -0.539. The molecule has 0 fully saturated rings. The third-order valence-electron chi connectivity index (χ3n) is 4.62. The molecule has 1 N–H and O–H groups in total. The molecule has 1 aromatic heterocycles. The molecule has 0 amide bonds. The Morgan fingerprint density at radius 3 is 2.50 bits per heavy atom. The van der Waals surface area contributed by atoms with E-state index >= 15 is 0 Å². The lowest BCUT2D eigenvalue weighted by Gasteiger charge is -2.15.